The number of amides is 1. The minimum absolute atomic E-state index is 0.164. The molecule has 0 bridgehead atoms. The van der Waals surface area contributed by atoms with E-state index in [1.165, 1.54) is 0 Å². The lowest BCUT2D eigenvalue weighted by molar-refractivity contribution is 0.0938. The number of hydrogen-bond donors (Lipinski definition) is 2. The lowest BCUT2D eigenvalue weighted by Crippen LogP contribution is -2.54. The van der Waals surface area contributed by atoms with E-state index < -0.39 is 0 Å². The van der Waals surface area contributed by atoms with Gasteiger partial charge in [-0.25, -0.2) is 9.97 Å². The molecule has 5 rings (SSSR count). The number of pyridine rings is 2. The zero-order valence-electron chi connectivity index (χ0n) is 19.6. The van der Waals surface area contributed by atoms with Crippen LogP contribution in [0.3, 0.4) is 0 Å². The van der Waals surface area contributed by atoms with E-state index in [0.29, 0.717) is 36.4 Å². The second kappa shape index (κ2) is 8.61. The van der Waals surface area contributed by atoms with Gasteiger partial charge in [0.15, 0.2) is 5.65 Å². The van der Waals surface area contributed by atoms with Crippen LogP contribution in [-0.2, 0) is 4.74 Å². The molecule has 4 aromatic rings. The number of nitrogens with one attached hydrogen (secondary N) is 2. The second-order valence-corrected chi connectivity index (χ2v) is 8.96. The molecule has 8 nitrogen and oxygen atoms in total. The highest BCUT2D eigenvalue weighted by Crippen LogP contribution is 2.33. The molecule has 1 aliphatic heterocycles. The maximum absolute atomic E-state index is 13.2. The van der Waals surface area contributed by atoms with Gasteiger partial charge in [0.05, 0.1) is 23.2 Å². The Morgan fingerprint density at radius 1 is 1.15 bits per heavy atom. The molecule has 0 saturated carbocycles. The first-order valence-electron chi connectivity index (χ1n) is 11.5. The molecule has 1 aromatic carbocycles. The van der Waals surface area contributed by atoms with Crippen LogP contribution in [0, 0.1) is 6.92 Å². The number of aryl methyl sites for hydroxylation is 1. The Balaban J connectivity index is 1.79. The normalized spacial score (nSPS) is 19.0. The van der Waals surface area contributed by atoms with Crippen molar-refractivity contribution in [1.82, 2.24) is 25.0 Å². The van der Waals surface area contributed by atoms with Crippen LogP contribution in [0.25, 0.3) is 27.7 Å². The van der Waals surface area contributed by atoms with E-state index in [9.17, 15) is 4.79 Å². The van der Waals surface area contributed by atoms with Gasteiger partial charge in [-0.05, 0) is 45.0 Å². The number of hydrogen-bond acceptors (Lipinski definition) is 6. The molecule has 1 saturated heterocycles. The minimum Gasteiger partial charge on any atom is -0.383 e. The fourth-order valence-electron chi connectivity index (χ4n) is 4.90. The number of benzene rings is 1. The summed E-state index contributed by atoms with van der Waals surface area (Å²) >= 11 is 0. The number of methoxy groups -OCH3 is 1. The number of rotatable bonds is 5. The number of ether oxygens (including phenoxy) is 1. The van der Waals surface area contributed by atoms with Gasteiger partial charge < -0.3 is 20.3 Å². The number of carbonyl (C=O) groups is 1. The van der Waals surface area contributed by atoms with Crippen molar-refractivity contribution in [3.63, 3.8) is 0 Å². The Labute approximate surface area is 192 Å². The Kier molecular flexibility index (Phi) is 5.64. The molecule has 8 heteroatoms. The predicted octanol–water partition coefficient (Wildman–Crippen LogP) is 2.91. The SMILES string of the molecule is COCCNC(=O)c1cc2c(N3CC(C)NC(C)C3)cc(C)nc2n2c1nc1ccccc12. The summed E-state index contributed by atoms with van der Waals surface area (Å²) in [5, 5.41) is 7.52. The fourth-order valence-corrected chi connectivity index (χ4v) is 4.90. The molecule has 2 atom stereocenters. The summed E-state index contributed by atoms with van der Waals surface area (Å²) < 4.78 is 7.14. The number of nitrogens with zero attached hydrogens (tertiary/aromatic N) is 4. The average Bonchev–Trinajstić information content (AvgIpc) is 3.17. The van der Waals surface area contributed by atoms with Crippen molar-refractivity contribution in [2.75, 3.05) is 38.3 Å². The first-order chi connectivity index (χ1) is 16.0. The maximum Gasteiger partial charge on any atom is 0.255 e. The van der Waals surface area contributed by atoms with Crippen molar-refractivity contribution in [1.29, 1.82) is 0 Å². The van der Waals surface area contributed by atoms with Crippen LogP contribution in [0.15, 0.2) is 36.4 Å². The monoisotopic (exact) mass is 446 g/mol. The molecule has 2 unspecified atom stereocenters. The number of imidazole rings is 1. The molecule has 0 radical (unpaired) electrons. The summed E-state index contributed by atoms with van der Waals surface area (Å²) in [5.41, 5.74) is 5.79. The Bertz CT molecular complexity index is 1340. The van der Waals surface area contributed by atoms with E-state index in [2.05, 4.69) is 35.4 Å². The van der Waals surface area contributed by atoms with Crippen molar-refractivity contribution in [3.8, 4) is 0 Å². The molecular weight excluding hydrogens is 416 g/mol. The zero-order chi connectivity index (χ0) is 23.1. The van der Waals surface area contributed by atoms with Crippen molar-refractivity contribution in [3.05, 3.63) is 47.7 Å². The first kappa shape index (κ1) is 21.6. The van der Waals surface area contributed by atoms with Crippen molar-refractivity contribution in [2.45, 2.75) is 32.9 Å². The summed E-state index contributed by atoms with van der Waals surface area (Å²) in [6.45, 7) is 9.10. The molecule has 172 valence electrons. The number of anilines is 1. The lowest BCUT2D eigenvalue weighted by Gasteiger charge is -2.38. The van der Waals surface area contributed by atoms with Crippen LogP contribution in [-0.4, -0.2) is 65.7 Å². The molecule has 2 N–H and O–H groups in total. The molecule has 0 aliphatic carbocycles. The van der Waals surface area contributed by atoms with E-state index in [1.54, 1.807) is 7.11 Å². The van der Waals surface area contributed by atoms with Gasteiger partial charge in [-0.15, -0.1) is 0 Å². The lowest BCUT2D eigenvalue weighted by atomic mass is 10.1. The average molecular weight is 447 g/mol. The van der Waals surface area contributed by atoms with Gasteiger partial charge in [0.1, 0.15) is 5.65 Å². The predicted molar refractivity (Wildman–Crippen MR) is 131 cm³/mol. The van der Waals surface area contributed by atoms with Gasteiger partial charge in [0, 0.05) is 55.6 Å². The van der Waals surface area contributed by atoms with E-state index in [4.69, 9.17) is 14.7 Å². The standard InChI is InChI=1S/C25H30N6O2/c1-15-11-22(30-13-16(2)27-17(3)14-30)18-12-19(25(32)26-9-10-33-4)24-29-20-7-5-6-8-21(20)31(24)23(18)28-15/h5-8,11-12,16-17,27H,9-10,13-14H2,1-4H3,(H,26,32). The van der Waals surface area contributed by atoms with Crippen LogP contribution < -0.4 is 15.5 Å². The van der Waals surface area contributed by atoms with Crippen molar-refractivity contribution >= 4 is 39.3 Å². The van der Waals surface area contributed by atoms with Crippen molar-refractivity contribution in [2.24, 2.45) is 0 Å². The van der Waals surface area contributed by atoms with Crippen LogP contribution in [0.5, 0.6) is 0 Å². The largest absolute Gasteiger partial charge is 0.383 e. The smallest absolute Gasteiger partial charge is 0.255 e. The van der Waals surface area contributed by atoms with Gasteiger partial charge >= 0.3 is 0 Å². The molecular formula is C25H30N6O2. The molecule has 4 heterocycles. The zero-order valence-corrected chi connectivity index (χ0v) is 19.6. The van der Waals surface area contributed by atoms with Crippen LogP contribution in [0.1, 0.15) is 29.9 Å². The number of carbonyl (C=O) groups excluding carboxylic acids is 1. The van der Waals surface area contributed by atoms with Gasteiger partial charge in [-0.3, -0.25) is 9.20 Å². The van der Waals surface area contributed by atoms with Gasteiger partial charge in [0.25, 0.3) is 5.91 Å². The second-order valence-electron chi connectivity index (χ2n) is 8.96. The molecule has 1 amide bonds. The third-order valence-corrected chi connectivity index (χ3v) is 6.18. The van der Waals surface area contributed by atoms with E-state index in [0.717, 1.165) is 46.5 Å². The molecule has 1 aliphatic rings. The van der Waals surface area contributed by atoms with Crippen molar-refractivity contribution < 1.29 is 9.53 Å². The highest BCUT2D eigenvalue weighted by molar-refractivity contribution is 6.07. The van der Waals surface area contributed by atoms with Gasteiger partial charge in [0.2, 0.25) is 0 Å². The Hall–Kier alpha value is -3.23. The first-order valence-corrected chi connectivity index (χ1v) is 11.5. The van der Waals surface area contributed by atoms with Crippen LogP contribution in [0.2, 0.25) is 0 Å². The molecule has 3 aromatic heterocycles. The summed E-state index contributed by atoms with van der Waals surface area (Å²) in [6.07, 6.45) is 0. The number of piperazine rings is 1. The highest BCUT2D eigenvalue weighted by Gasteiger charge is 2.25. The fraction of sp³-hybridized carbons (Fsp3) is 0.400. The summed E-state index contributed by atoms with van der Waals surface area (Å²) in [5.74, 6) is -0.164. The Morgan fingerprint density at radius 3 is 2.67 bits per heavy atom. The topological polar surface area (TPSA) is 83.8 Å². The third kappa shape index (κ3) is 3.89. The minimum atomic E-state index is -0.164. The van der Waals surface area contributed by atoms with Crippen LogP contribution in [0.4, 0.5) is 5.69 Å². The van der Waals surface area contributed by atoms with Crippen LogP contribution >= 0.6 is 0 Å². The Morgan fingerprint density at radius 2 is 1.91 bits per heavy atom. The summed E-state index contributed by atoms with van der Waals surface area (Å²) in [4.78, 5) is 25.4. The number of para-hydroxylation sites is 2. The molecule has 33 heavy (non-hydrogen) atoms. The van der Waals surface area contributed by atoms with E-state index >= 15 is 0 Å². The quantitative estimate of drug-likeness (QED) is 0.459. The summed E-state index contributed by atoms with van der Waals surface area (Å²) in [6, 6.07) is 12.8. The molecule has 0 spiro atoms. The van der Waals surface area contributed by atoms with Gasteiger partial charge in [-0.1, -0.05) is 12.1 Å². The van der Waals surface area contributed by atoms with Gasteiger partial charge in [-0.2, -0.15) is 0 Å². The van der Waals surface area contributed by atoms with E-state index in [-0.39, 0.29) is 5.91 Å². The third-order valence-electron chi connectivity index (χ3n) is 6.18. The number of fused-ring (bicyclic) bond motifs is 5. The van der Waals surface area contributed by atoms with E-state index in [1.807, 2.05) is 41.7 Å². The number of aromatic nitrogens is 3. The highest BCUT2D eigenvalue weighted by atomic mass is 16.5. The summed E-state index contributed by atoms with van der Waals surface area (Å²) in [7, 11) is 1.62. The molecule has 1 fully saturated rings. The maximum atomic E-state index is 13.2.